The van der Waals surface area contributed by atoms with Gasteiger partial charge in [0.2, 0.25) is 5.91 Å². The Labute approximate surface area is 235 Å². The van der Waals surface area contributed by atoms with Crippen molar-refractivity contribution in [1.82, 2.24) is 15.8 Å². The maximum atomic E-state index is 13.1. The molecule has 3 fully saturated rings. The van der Waals surface area contributed by atoms with E-state index in [2.05, 4.69) is 29.6 Å². The van der Waals surface area contributed by atoms with E-state index in [0.29, 0.717) is 25.3 Å². The van der Waals surface area contributed by atoms with E-state index in [1.54, 1.807) is 20.1 Å². The number of aliphatic hydroxyl groups is 1. The van der Waals surface area contributed by atoms with Gasteiger partial charge in [-0.25, -0.2) is 0 Å². The number of rotatable bonds is 8. The molecule has 40 heavy (non-hydrogen) atoms. The second kappa shape index (κ2) is 11.5. The Balaban J connectivity index is 1.19. The van der Waals surface area contributed by atoms with Crippen LogP contribution in [0.15, 0.2) is 34.9 Å². The zero-order chi connectivity index (χ0) is 28.5. The van der Waals surface area contributed by atoms with Crippen molar-refractivity contribution >= 4 is 11.8 Å². The van der Waals surface area contributed by atoms with Gasteiger partial charge in [-0.15, -0.1) is 0 Å². The third kappa shape index (κ3) is 5.62. The lowest BCUT2D eigenvalue weighted by atomic mass is 9.46. The number of aromatic nitrogens is 1. The van der Waals surface area contributed by atoms with Crippen LogP contribution >= 0.6 is 0 Å². The van der Waals surface area contributed by atoms with Crippen molar-refractivity contribution in [2.75, 3.05) is 20.3 Å². The minimum absolute atomic E-state index is 0.0321. The molecule has 1 aromatic carbocycles. The summed E-state index contributed by atoms with van der Waals surface area (Å²) in [7, 11) is 1.63. The molecular weight excluding hydrogens is 514 g/mol. The largest absolute Gasteiger partial charge is 0.497 e. The first-order valence-electron chi connectivity index (χ1n) is 14.2. The average molecular weight is 556 g/mol. The average Bonchev–Trinajstić information content (AvgIpc) is 3.39. The molecule has 1 saturated heterocycles. The molecule has 2 aliphatic carbocycles. The van der Waals surface area contributed by atoms with Crippen molar-refractivity contribution in [1.29, 1.82) is 0 Å². The van der Waals surface area contributed by atoms with Gasteiger partial charge >= 0.3 is 0 Å². The van der Waals surface area contributed by atoms with Gasteiger partial charge in [-0.1, -0.05) is 31.1 Å². The third-order valence-electron chi connectivity index (χ3n) is 9.58. The summed E-state index contributed by atoms with van der Waals surface area (Å²) < 4.78 is 22.7. The van der Waals surface area contributed by atoms with Crippen molar-refractivity contribution in [3.8, 4) is 5.75 Å². The number of carbonyl (C=O) groups excluding carboxylic acids is 2. The highest BCUT2D eigenvalue weighted by molar-refractivity contribution is 5.92. The van der Waals surface area contributed by atoms with E-state index >= 15 is 0 Å². The van der Waals surface area contributed by atoms with E-state index in [1.165, 1.54) is 0 Å². The van der Waals surface area contributed by atoms with Gasteiger partial charge in [0.1, 0.15) is 11.5 Å². The molecule has 2 heterocycles. The van der Waals surface area contributed by atoms with Crippen molar-refractivity contribution in [3.05, 3.63) is 47.3 Å². The fourth-order valence-electron chi connectivity index (χ4n) is 7.35. The second-order valence-electron chi connectivity index (χ2n) is 12.1. The molecule has 2 aromatic rings. The van der Waals surface area contributed by atoms with Crippen LogP contribution in [0.1, 0.15) is 67.8 Å². The number of fused-ring (bicyclic) bond motifs is 3. The van der Waals surface area contributed by atoms with Crippen LogP contribution in [0, 0.1) is 29.6 Å². The first kappa shape index (κ1) is 28.6. The summed E-state index contributed by atoms with van der Waals surface area (Å²) >= 11 is 0. The van der Waals surface area contributed by atoms with E-state index in [1.807, 2.05) is 24.3 Å². The van der Waals surface area contributed by atoms with Crippen LogP contribution < -0.4 is 15.4 Å². The number of methoxy groups -OCH3 is 1. The highest BCUT2D eigenvalue weighted by Gasteiger charge is 2.61. The van der Waals surface area contributed by atoms with Gasteiger partial charge < -0.3 is 34.5 Å². The Morgan fingerprint density at radius 1 is 1.12 bits per heavy atom. The number of amides is 2. The monoisotopic (exact) mass is 555 g/mol. The minimum Gasteiger partial charge on any atom is -0.497 e. The van der Waals surface area contributed by atoms with Gasteiger partial charge in [-0.2, -0.15) is 0 Å². The number of ether oxygens (including phenoxy) is 3. The lowest BCUT2D eigenvalue weighted by Crippen LogP contribution is -2.63. The van der Waals surface area contributed by atoms with Crippen LogP contribution in [0.5, 0.6) is 5.75 Å². The molecular formula is C30H41N3O7. The fraction of sp³-hybridized carbons (Fsp3) is 0.633. The molecule has 0 bridgehead atoms. The maximum Gasteiger partial charge on any atom is 0.273 e. The lowest BCUT2D eigenvalue weighted by Gasteiger charge is -2.63. The van der Waals surface area contributed by atoms with Crippen LogP contribution in [-0.2, 0) is 20.8 Å². The quantitative estimate of drug-likeness (QED) is 0.452. The number of aryl methyl sites for hydroxylation is 1. The zero-order valence-electron chi connectivity index (χ0n) is 23.8. The zero-order valence-corrected chi connectivity index (χ0v) is 23.8. The maximum absolute atomic E-state index is 13.1. The van der Waals surface area contributed by atoms with Gasteiger partial charge in [0.15, 0.2) is 12.0 Å². The molecule has 0 spiro atoms. The van der Waals surface area contributed by atoms with Gasteiger partial charge in [0.05, 0.1) is 32.5 Å². The molecule has 7 atom stereocenters. The Morgan fingerprint density at radius 2 is 1.90 bits per heavy atom. The van der Waals surface area contributed by atoms with Crippen LogP contribution in [0.25, 0.3) is 0 Å². The predicted octanol–water partition coefficient (Wildman–Crippen LogP) is 3.36. The molecule has 1 aromatic heterocycles. The highest BCUT2D eigenvalue weighted by atomic mass is 16.7. The number of hydrogen-bond donors (Lipinski definition) is 3. The minimum atomic E-state index is -0.548. The Kier molecular flexibility index (Phi) is 8.22. The van der Waals surface area contributed by atoms with Crippen LogP contribution in [-0.4, -0.2) is 60.8 Å². The summed E-state index contributed by atoms with van der Waals surface area (Å²) in [5, 5.41) is 20.7. The van der Waals surface area contributed by atoms with Crippen LogP contribution in [0.2, 0.25) is 0 Å². The molecule has 3 aliphatic rings. The van der Waals surface area contributed by atoms with E-state index in [4.69, 9.17) is 18.7 Å². The first-order chi connectivity index (χ1) is 19.1. The van der Waals surface area contributed by atoms with Crippen LogP contribution in [0.4, 0.5) is 0 Å². The van der Waals surface area contributed by atoms with E-state index < -0.39 is 12.4 Å². The molecule has 2 saturated carbocycles. The number of nitrogens with one attached hydrogen (secondary N) is 2. The van der Waals surface area contributed by atoms with Gasteiger partial charge in [0, 0.05) is 24.4 Å². The Hall–Kier alpha value is -2.95. The standard InChI is InChI=1S/C30H41N3O7/c1-18-13-22(33-40-18)28(36)32-16-27-38-17-30(3)24-10-9-23(34)21(29(24,2)12-11-25(30)39-27)14-26(35)31-15-19-5-7-20(37-4)8-6-19/h5-8,13,21,23-25,27,34H,9-12,14-17H2,1-4H3,(H,31,35)(H,32,36). The highest BCUT2D eigenvalue weighted by Crippen LogP contribution is 2.62. The lowest BCUT2D eigenvalue weighted by molar-refractivity contribution is -0.306. The summed E-state index contributed by atoms with van der Waals surface area (Å²) in [6.45, 7) is 7.32. The van der Waals surface area contributed by atoms with Gasteiger partial charge in [0.25, 0.3) is 5.91 Å². The molecule has 7 unspecified atom stereocenters. The first-order valence-corrected chi connectivity index (χ1v) is 14.2. The van der Waals surface area contributed by atoms with Crippen LogP contribution in [0.3, 0.4) is 0 Å². The molecule has 10 nitrogen and oxygen atoms in total. The molecule has 2 amide bonds. The number of hydrogen-bond acceptors (Lipinski definition) is 8. The Morgan fingerprint density at radius 3 is 2.60 bits per heavy atom. The van der Waals surface area contributed by atoms with E-state index in [-0.39, 0.29) is 59.2 Å². The number of nitrogens with zero attached hydrogens (tertiary/aromatic N) is 1. The second-order valence-corrected chi connectivity index (χ2v) is 12.1. The number of aliphatic hydroxyl groups excluding tert-OH is 1. The molecule has 10 heteroatoms. The smallest absolute Gasteiger partial charge is 0.273 e. The summed E-state index contributed by atoms with van der Waals surface area (Å²) in [4.78, 5) is 25.4. The number of benzene rings is 1. The van der Waals surface area contributed by atoms with Crippen molar-refractivity contribution in [2.24, 2.45) is 22.7 Å². The molecule has 1 aliphatic heterocycles. The van der Waals surface area contributed by atoms with Crippen molar-refractivity contribution in [2.45, 2.75) is 77.9 Å². The SMILES string of the molecule is COc1ccc(CNC(=O)CC2C(O)CCC3C4(C)COC(CNC(=O)c5cc(C)on5)OC4CCC23C)cc1. The van der Waals surface area contributed by atoms with E-state index in [0.717, 1.165) is 30.6 Å². The summed E-state index contributed by atoms with van der Waals surface area (Å²) in [5.41, 5.74) is 0.744. The van der Waals surface area contributed by atoms with Gasteiger partial charge in [-0.05, 0) is 67.6 Å². The fourth-order valence-corrected chi connectivity index (χ4v) is 7.35. The normalized spacial score (nSPS) is 33.4. The summed E-state index contributed by atoms with van der Waals surface area (Å²) in [6, 6.07) is 9.21. The Bertz CT molecular complexity index is 1200. The molecule has 218 valence electrons. The molecule has 3 N–H and O–H groups in total. The summed E-state index contributed by atoms with van der Waals surface area (Å²) in [6.07, 6.45) is 2.33. The van der Waals surface area contributed by atoms with Crippen molar-refractivity contribution < 1.29 is 33.4 Å². The van der Waals surface area contributed by atoms with E-state index in [9.17, 15) is 14.7 Å². The predicted molar refractivity (Wildman–Crippen MR) is 145 cm³/mol. The molecule has 5 rings (SSSR count). The van der Waals surface area contributed by atoms with Gasteiger partial charge in [-0.3, -0.25) is 9.59 Å². The topological polar surface area (TPSA) is 132 Å². The summed E-state index contributed by atoms with van der Waals surface area (Å²) in [5.74, 6) is 1.04. The molecule has 0 radical (unpaired) electrons. The van der Waals surface area contributed by atoms with Crippen molar-refractivity contribution in [3.63, 3.8) is 0 Å². The number of carbonyl (C=O) groups is 2. The third-order valence-corrected chi connectivity index (χ3v) is 9.58.